The van der Waals surface area contributed by atoms with Crippen molar-refractivity contribution in [1.82, 2.24) is 9.88 Å². The van der Waals surface area contributed by atoms with Crippen LogP contribution in [0.4, 0.5) is 18.9 Å². The molecule has 2 aromatic rings. The van der Waals surface area contributed by atoms with Crippen molar-refractivity contribution < 1.29 is 23.1 Å². The van der Waals surface area contributed by atoms with Crippen molar-refractivity contribution in [3.05, 3.63) is 39.4 Å². The van der Waals surface area contributed by atoms with E-state index in [0.717, 1.165) is 25.6 Å². The van der Waals surface area contributed by atoms with E-state index in [1.54, 1.807) is 0 Å². The van der Waals surface area contributed by atoms with E-state index in [-0.39, 0.29) is 23.5 Å². The van der Waals surface area contributed by atoms with E-state index in [9.17, 15) is 14.7 Å². The van der Waals surface area contributed by atoms with Crippen LogP contribution in [0.25, 0.3) is 10.9 Å². The molecule has 0 radical (unpaired) electrons. The molecule has 6 nitrogen and oxygen atoms in total. The van der Waals surface area contributed by atoms with E-state index in [4.69, 9.17) is 0 Å². The number of hydrogen-bond acceptors (Lipinski definition) is 4. The normalized spacial score (nSPS) is 24.2. The molecule has 29 heavy (non-hydrogen) atoms. The Morgan fingerprint density at radius 1 is 1.10 bits per heavy atom. The Morgan fingerprint density at radius 2 is 1.86 bits per heavy atom. The van der Waals surface area contributed by atoms with Gasteiger partial charge >= 0.3 is 5.97 Å². The quantitative estimate of drug-likeness (QED) is 0.766. The van der Waals surface area contributed by atoms with Crippen LogP contribution in [0.5, 0.6) is 0 Å². The molecule has 0 bridgehead atoms. The minimum absolute atomic E-state index is 0.0846. The van der Waals surface area contributed by atoms with Gasteiger partial charge in [-0.1, -0.05) is 0 Å². The third-order valence-electron chi connectivity index (χ3n) is 6.36. The molecule has 2 saturated heterocycles. The molecule has 3 heterocycles. The van der Waals surface area contributed by atoms with Gasteiger partial charge in [0, 0.05) is 31.4 Å². The number of carboxylic acid groups (broad SMARTS) is 1. The van der Waals surface area contributed by atoms with Crippen LogP contribution in [0.15, 0.2) is 11.0 Å². The molecule has 5 rings (SSSR count). The molecule has 3 aliphatic rings. The molecule has 2 atom stereocenters. The molecule has 0 unspecified atom stereocenters. The summed E-state index contributed by atoms with van der Waals surface area (Å²) in [6.07, 6.45) is 4.28. The van der Waals surface area contributed by atoms with Gasteiger partial charge in [-0.15, -0.1) is 0 Å². The highest BCUT2D eigenvalue weighted by Crippen LogP contribution is 2.41. The number of carbonyl (C=O) groups is 1. The number of anilines is 1. The predicted octanol–water partition coefficient (Wildman–Crippen LogP) is 2.64. The first-order valence-electron chi connectivity index (χ1n) is 9.85. The largest absolute Gasteiger partial charge is 0.477 e. The lowest BCUT2D eigenvalue weighted by Crippen LogP contribution is -2.40. The smallest absolute Gasteiger partial charge is 0.341 e. The van der Waals surface area contributed by atoms with Crippen molar-refractivity contribution in [2.45, 2.75) is 37.8 Å². The monoisotopic (exact) mass is 407 g/mol. The number of fused-ring (bicyclic) bond motifs is 2. The van der Waals surface area contributed by atoms with Crippen LogP contribution in [0.3, 0.4) is 0 Å². The van der Waals surface area contributed by atoms with Gasteiger partial charge in [0.1, 0.15) is 11.3 Å². The van der Waals surface area contributed by atoms with Gasteiger partial charge in [-0.05, 0) is 38.1 Å². The summed E-state index contributed by atoms with van der Waals surface area (Å²) in [7, 11) is 0. The maximum absolute atomic E-state index is 15.6. The highest BCUT2D eigenvalue weighted by atomic mass is 19.2. The highest BCUT2D eigenvalue weighted by Gasteiger charge is 2.39. The molecule has 1 aliphatic carbocycles. The van der Waals surface area contributed by atoms with Gasteiger partial charge in [0.25, 0.3) is 0 Å². The zero-order valence-electron chi connectivity index (χ0n) is 15.6. The van der Waals surface area contributed by atoms with Crippen LogP contribution in [0.1, 0.15) is 42.1 Å². The lowest BCUT2D eigenvalue weighted by Gasteiger charge is -2.24. The molecule has 9 heteroatoms. The van der Waals surface area contributed by atoms with Crippen molar-refractivity contribution >= 4 is 22.6 Å². The highest BCUT2D eigenvalue weighted by molar-refractivity contribution is 5.94. The first-order valence-corrected chi connectivity index (χ1v) is 9.85. The predicted molar refractivity (Wildman–Crippen MR) is 100 cm³/mol. The minimum atomic E-state index is -1.55. The summed E-state index contributed by atoms with van der Waals surface area (Å²) in [4.78, 5) is 25.5. The van der Waals surface area contributed by atoms with Crippen molar-refractivity contribution in [3.63, 3.8) is 0 Å². The average molecular weight is 407 g/mol. The first-order chi connectivity index (χ1) is 13.9. The number of piperidine rings is 1. The SMILES string of the molecule is O=C(O)c1cn(C2CC2)c2c(F)c(N3C[C@@H]4CCCN[C@@H]4C3)c(F)c(F)c2c1=O. The molecular formula is C20H20F3N3O3. The fourth-order valence-electron chi connectivity index (χ4n) is 4.78. The fourth-order valence-corrected chi connectivity index (χ4v) is 4.78. The van der Waals surface area contributed by atoms with Crippen LogP contribution >= 0.6 is 0 Å². The Bertz CT molecular complexity index is 1080. The first kappa shape index (κ1) is 18.5. The zero-order valence-corrected chi connectivity index (χ0v) is 15.6. The van der Waals surface area contributed by atoms with Gasteiger partial charge < -0.3 is 19.9 Å². The van der Waals surface area contributed by atoms with Gasteiger partial charge in [0.2, 0.25) is 5.43 Å². The second kappa shape index (κ2) is 6.48. The summed E-state index contributed by atoms with van der Waals surface area (Å²) in [5.41, 5.74) is -2.71. The number of nitrogens with one attached hydrogen (secondary N) is 1. The lowest BCUT2D eigenvalue weighted by molar-refractivity contribution is 0.0694. The zero-order chi connectivity index (χ0) is 20.4. The molecule has 154 valence electrons. The lowest BCUT2D eigenvalue weighted by atomic mass is 9.94. The number of nitrogens with zero attached hydrogens (tertiary/aromatic N) is 2. The van der Waals surface area contributed by atoms with Crippen LogP contribution < -0.4 is 15.6 Å². The Hall–Kier alpha value is -2.55. The minimum Gasteiger partial charge on any atom is -0.477 e. The number of aromatic carboxylic acids is 1. The number of hydrogen-bond donors (Lipinski definition) is 2. The molecule has 0 amide bonds. The molecule has 0 spiro atoms. The average Bonchev–Trinajstić information content (AvgIpc) is 3.44. The van der Waals surface area contributed by atoms with E-state index >= 15 is 13.2 Å². The van der Waals surface area contributed by atoms with Crippen molar-refractivity contribution in [2.75, 3.05) is 24.5 Å². The van der Waals surface area contributed by atoms with Crippen molar-refractivity contribution in [3.8, 4) is 0 Å². The van der Waals surface area contributed by atoms with Crippen LogP contribution in [0.2, 0.25) is 0 Å². The molecule has 1 aromatic carbocycles. The van der Waals surface area contributed by atoms with E-state index in [2.05, 4.69) is 5.32 Å². The maximum Gasteiger partial charge on any atom is 0.341 e. The fraction of sp³-hybridized carbons (Fsp3) is 0.500. The molecule has 1 aromatic heterocycles. The van der Waals surface area contributed by atoms with Gasteiger partial charge in [-0.3, -0.25) is 4.79 Å². The molecule has 2 N–H and O–H groups in total. The summed E-state index contributed by atoms with van der Waals surface area (Å²) >= 11 is 0. The molecule has 3 fully saturated rings. The van der Waals surface area contributed by atoms with Crippen molar-refractivity contribution in [2.24, 2.45) is 5.92 Å². The Kier molecular flexibility index (Phi) is 4.13. The third-order valence-corrected chi connectivity index (χ3v) is 6.36. The molecular weight excluding hydrogens is 387 g/mol. The number of carboxylic acids is 1. The Balaban J connectivity index is 1.75. The summed E-state index contributed by atoms with van der Waals surface area (Å²) in [6.45, 7) is 1.59. The maximum atomic E-state index is 15.6. The van der Waals surface area contributed by atoms with E-state index in [1.807, 2.05) is 0 Å². The van der Waals surface area contributed by atoms with Gasteiger partial charge in [0.15, 0.2) is 17.5 Å². The molecule has 2 aliphatic heterocycles. The van der Waals surface area contributed by atoms with Crippen LogP contribution in [0, 0.1) is 23.4 Å². The van der Waals surface area contributed by atoms with E-state index in [0.29, 0.717) is 25.9 Å². The van der Waals surface area contributed by atoms with E-state index in [1.165, 1.54) is 9.47 Å². The van der Waals surface area contributed by atoms with E-state index < -0.39 is 45.5 Å². The van der Waals surface area contributed by atoms with Crippen molar-refractivity contribution in [1.29, 1.82) is 0 Å². The summed E-state index contributed by atoms with van der Waals surface area (Å²) in [5, 5.41) is 11.8. The van der Waals surface area contributed by atoms with Gasteiger partial charge in [0.05, 0.1) is 10.9 Å². The third kappa shape index (κ3) is 2.74. The second-order valence-electron chi connectivity index (χ2n) is 8.20. The standard InChI is InChI=1S/C20H20F3N3O3/c21-14-13-17(26(10-3-4-10)7-11(19(13)27)20(28)29)16(23)18(15(14)22)25-6-9-2-1-5-24-12(9)8-25/h7,9-10,12,24H,1-6,8H2,(H,28,29)/t9-,12+/m0/s1. The number of rotatable bonds is 3. The summed E-state index contributed by atoms with van der Waals surface area (Å²) in [6, 6.07) is -0.146. The molecule has 1 saturated carbocycles. The second-order valence-corrected chi connectivity index (χ2v) is 8.20. The topological polar surface area (TPSA) is 74.6 Å². The Labute approximate surface area is 163 Å². The summed E-state index contributed by atoms with van der Waals surface area (Å²) in [5.74, 6) is -5.25. The van der Waals surface area contributed by atoms with Gasteiger partial charge in [-0.2, -0.15) is 0 Å². The van der Waals surface area contributed by atoms with Crippen LogP contribution in [-0.2, 0) is 0 Å². The van der Waals surface area contributed by atoms with Gasteiger partial charge in [-0.25, -0.2) is 18.0 Å². The number of pyridine rings is 1. The summed E-state index contributed by atoms with van der Waals surface area (Å²) < 4.78 is 47.0. The number of aromatic nitrogens is 1. The number of halogens is 3. The number of benzene rings is 1. The van der Waals surface area contributed by atoms with Crippen LogP contribution in [-0.4, -0.2) is 41.3 Å². The Morgan fingerprint density at radius 3 is 2.52 bits per heavy atom.